The van der Waals surface area contributed by atoms with Gasteiger partial charge in [0.2, 0.25) is 11.6 Å². The van der Waals surface area contributed by atoms with Crippen LogP contribution >= 0.6 is 0 Å². The summed E-state index contributed by atoms with van der Waals surface area (Å²) in [5.41, 5.74) is 4.59. The highest BCUT2D eigenvalue weighted by molar-refractivity contribution is 6.46. The van der Waals surface area contributed by atoms with Gasteiger partial charge < -0.3 is 14.9 Å². The number of phenols is 2. The van der Waals surface area contributed by atoms with Gasteiger partial charge in [-0.3, -0.25) is 9.59 Å². The van der Waals surface area contributed by atoms with Gasteiger partial charge in [-0.25, -0.2) is 0 Å². The molecule has 0 bridgehead atoms. The molecule has 0 amide bonds. The Morgan fingerprint density at radius 1 is 0.756 bits per heavy atom. The third kappa shape index (κ3) is 10.2. The predicted molar refractivity (Wildman–Crippen MR) is 181 cm³/mol. The van der Waals surface area contributed by atoms with Crippen molar-refractivity contribution in [2.24, 2.45) is 5.92 Å². The maximum absolute atomic E-state index is 11.7. The number of allylic oxidation sites excluding steroid dienone is 4. The zero-order valence-corrected chi connectivity index (χ0v) is 27.0. The molecule has 5 nitrogen and oxygen atoms in total. The van der Waals surface area contributed by atoms with Crippen LogP contribution in [0, 0.1) is 5.92 Å². The monoisotopic (exact) mass is 608 g/mol. The Labute approximate surface area is 268 Å². The van der Waals surface area contributed by atoms with E-state index in [1.54, 1.807) is 24.3 Å². The average Bonchev–Trinajstić information content (AvgIpc) is 3.04. The minimum Gasteiger partial charge on any atom is -0.508 e. The van der Waals surface area contributed by atoms with E-state index in [0.717, 1.165) is 68.9 Å². The van der Waals surface area contributed by atoms with Crippen molar-refractivity contribution in [1.29, 1.82) is 0 Å². The summed E-state index contributed by atoms with van der Waals surface area (Å²) in [5, 5.41) is 20.2. The minimum atomic E-state index is -0.441. The average molecular weight is 609 g/mol. The lowest BCUT2D eigenvalue weighted by Gasteiger charge is -2.22. The quantitative estimate of drug-likeness (QED) is 0.118. The first kappa shape index (κ1) is 33.8. The van der Waals surface area contributed by atoms with Gasteiger partial charge in [0.1, 0.15) is 11.5 Å². The van der Waals surface area contributed by atoms with Gasteiger partial charge in [-0.05, 0) is 127 Å². The maximum Gasteiger partial charge on any atom is 0.225 e. The highest BCUT2D eigenvalue weighted by Gasteiger charge is 2.18. The van der Waals surface area contributed by atoms with Gasteiger partial charge in [0.15, 0.2) is 11.5 Å². The maximum atomic E-state index is 11.7. The molecule has 3 aromatic rings. The van der Waals surface area contributed by atoms with Crippen LogP contribution in [0.25, 0.3) is 0 Å². The van der Waals surface area contributed by atoms with E-state index < -0.39 is 11.6 Å². The molecule has 4 rings (SSSR count). The Hall–Kier alpha value is -4.12. The second kappa shape index (κ2) is 16.8. The molecule has 0 saturated carbocycles. The Bertz CT molecular complexity index is 1470. The van der Waals surface area contributed by atoms with Crippen LogP contribution in [0.3, 0.4) is 0 Å². The summed E-state index contributed by atoms with van der Waals surface area (Å²) in [7, 11) is 0. The molecule has 45 heavy (non-hydrogen) atoms. The number of ether oxygens (including phenoxy) is 1. The molecule has 0 aromatic heterocycles. The number of phenolic OH excluding ortho intramolecular Hbond substituents is 2. The third-order valence-corrected chi connectivity index (χ3v) is 9.11. The summed E-state index contributed by atoms with van der Waals surface area (Å²) >= 11 is 0. The molecular weight excluding hydrogens is 560 g/mol. The number of unbranched alkanes of at least 4 members (excludes halogenated alkanes) is 1. The van der Waals surface area contributed by atoms with E-state index in [2.05, 4.69) is 32.9 Å². The minimum absolute atomic E-state index is 0.125. The Morgan fingerprint density at radius 3 is 2.18 bits per heavy atom. The smallest absolute Gasteiger partial charge is 0.225 e. The standard InChI is InChI=1S/C40H48O5/c1-4-6-10-34(25-28(3)32-15-19-35(41)20-16-32)33-17-21-36(22-18-33)45-40-27-30(14-24-38(40)43)9-7-8-29(5-2)11-12-31-13-23-37(42)39(44)26-31/h13-24,26-29,34,41,43H,4-12,25H2,1-3H3. The van der Waals surface area contributed by atoms with Gasteiger partial charge >= 0.3 is 0 Å². The Balaban J connectivity index is 1.32. The molecule has 0 spiro atoms. The van der Waals surface area contributed by atoms with Crippen LogP contribution < -0.4 is 4.74 Å². The zero-order valence-electron chi connectivity index (χ0n) is 27.0. The van der Waals surface area contributed by atoms with Crippen LogP contribution in [0.4, 0.5) is 0 Å². The van der Waals surface area contributed by atoms with Crippen LogP contribution in [-0.2, 0) is 16.0 Å². The van der Waals surface area contributed by atoms with Crippen LogP contribution in [-0.4, -0.2) is 21.8 Å². The number of rotatable bonds is 17. The number of hydrogen-bond donors (Lipinski definition) is 2. The highest BCUT2D eigenvalue weighted by atomic mass is 16.5. The van der Waals surface area contributed by atoms with Crippen molar-refractivity contribution < 1.29 is 24.5 Å². The summed E-state index contributed by atoms with van der Waals surface area (Å²) in [6.07, 6.45) is 14.9. The van der Waals surface area contributed by atoms with Gasteiger partial charge in [-0.15, -0.1) is 0 Å². The van der Waals surface area contributed by atoms with E-state index in [9.17, 15) is 19.8 Å². The van der Waals surface area contributed by atoms with Crippen LogP contribution in [0.15, 0.2) is 90.5 Å². The van der Waals surface area contributed by atoms with Crippen molar-refractivity contribution in [2.45, 2.75) is 96.8 Å². The number of benzene rings is 3. The largest absolute Gasteiger partial charge is 0.508 e. The third-order valence-electron chi connectivity index (χ3n) is 9.11. The van der Waals surface area contributed by atoms with Gasteiger partial charge in [-0.2, -0.15) is 0 Å². The Morgan fingerprint density at radius 2 is 1.49 bits per heavy atom. The second-order valence-electron chi connectivity index (χ2n) is 12.5. The summed E-state index contributed by atoms with van der Waals surface area (Å²) in [6, 6.07) is 21.5. The zero-order chi connectivity index (χ0) is 32.2. The SMILES string of the molecule is CCCCC(CC(C)c1ccc(O)cc1)c1ccc(Oc2cc(CCCC(CC)CCC3=CC(=O)C(=O)C=C3)ccc2O)cc1. The summed E-state index contributed by atoms with van der Waals surface area (Å²) in [4.78, 5) is 23.1. The fourth-order valence-electron chi connectivity index (χ4n) is 6.19. The summed E-state index contributed by atoms with van der Waals surface area (Å²) in [5.74, 6) is 2.06. The first-order chi connectivity index (χ1) is 21.7. The van der Waals surface area contributed by atoms with E-state index in [4.69, 9.17) is 4.74 Å². The molecule has 3 aromatic carbocycles. The molecule has 5 heteroatoms. The normalized spacial score (nSPS) is 15.0. The molecule has 238 valence electrons. The van der Waals surface area contributed by atoms with E-state index in [1.165, 1.54) is 29.7 Å². The number of aryl methyl sites for hydroxylation is 1. The number of aromatic hydroxyl groups is 2. The van der Waals surface area contributed by atoms with Crippen molar-refractivity contribution in [2.75, 3.05) is 0 Å². The highest BCUT2D eigenvalue weighted by Crippen LogP contribution is 2.37. The fourth-order valence-corrected chi connectivity index (χ4v) is 6.19. The van der Waals surface area contributed by atoms with Gasteiger partial charge in [0.25, 0.3) is 0 Å². The molecule has 3 unspecified atom stereocenters. The number of hydrogen-bond acceptors (Lipinski definition) is 5. The van der Waals surface area contributed by atoms with E-state index in [1.807, 2.05) is 36.4 Å². The number of carbonyl (C=O) groups excluding carboxylic acids is 2. The lowest BCUT2D eigenvalue weighted by Crippen LogP contribution is -2.12. The molecule has 1 aliphatic carbocycles. The van der Waals surface area contributed by atoms with Gasteiger partial charge in [0, 0.05) is 0 Å². The molecule has 2 N–H and O–H groups in total. The van der Waals surface area contributed by atoms with Crippen molar-refractivity contribution >= 4 is 11.6 Å². The lowest BCUT2D eigenvalue weighted by molar-refractivity contribution is -0.131. The van der Waals surface area contributed by atoms with E-state index in [0.29, 0.717) is 35.0 Å². The van der Waals surface area contributed by atoms with Crippen molar-refractivity contribution in [3.05, 3.63) is 107 Å². The molecule has 0 fully saturated rings. The van der Waals surface area contributed by atoms with Gasteiger partial charge in [0.05, 0.1) is 0 Å². The van der Waals surface area contributed by atoms with Gasteiger partial charge in [-0.1, -0.05) is 82.9 Å². The molecular formula is C40H48O5. The predicted octanol–water partition coefficient (Wildman–Crippen LogP) is 10.1. The molecule has 1 aliphatic rings. The van der Waals surface area contributed by atoms with E-state index in [-0.39, 0.29) is 5.75 Å². The van der Waals surface area contributed by atoms with Crippen LogP contribution in [0.1, 0.15) is 107 Å². The molecule has 0 heterocycles. The first-order valence-electron chi connectivity index (χ1n) is 16.6. The first-order valence-corrected chi connectivity index (χ1v) is 16.6. The molecule has 0 radical (unpaired) electrons. The van der Waals surface area contributed by atoms with E-state index >= 15 is 0 Å². The van der Waals surface area contributed by atoms with Crippen molar-refractivity contribution in [3.63, 3.8) is 0 Å². The molecule has 3 atom stereocenters. The molecule has 0 saturated heterocycles. The summed E-state index contributed by atoms with van der Waals surface area (Å²) in [6.45, 7) is 6.68. The summed E-state index contributed by atoms with van der Waals surface area (Å²) < 4.78 is 6.16. The van der Waals surface area contributed by atoms with Crippen LogP contribution in [0.2, 0.25) is 0 Å². The lowest BCUT2D eigenvalue weighted by atomic mass is 9.83. The topological polar surface area (TPSA) is 83.8 Å². The number of ketones is 2. The molecule has 0 aliphatic heterocycles. The second-order valence-corrected chi connectivity index (χ2v) is 12.5. The van der Waals surface area contributed by atoms with Crippen molar-refractivity contribution in [3.8, 4) is 23.0 Å². The Kier molecular flexibility index (Phi) is 12.6. The fraction of sp³-hybridized carbons (Fsp3) is 0.400. The van der Waals surface area contributed by atoms with Crippen LogP contribution in [0.5, 0.6) is 23.0 Å². The van der Waals surface area contributed by atoms with Crippen molar-refractivity contribution in [1.82, 2.24) is 0 Å². The number of carbonyl (C=O) groups is 2.